The van der Waals surface area contributed by atoms with Crippen LogP contribution in [0.4, 0.5) is 14.5 Å². The molecule has 0 bridgehead atoms. The molecule has 0 aliphatic carbocycles. The van der Waals surface area contributed by atoms with Gasteiger partial charge < -0.3 is 20.5 Å². The lowest BCUT2D eigenvalue weighted by atomic mass is 10.1. The highest BCUT2D eigenvalue weighted by atomic mass is 19.1. The Bertz CT molecular complexity index is 1010. The van der Waals surface area contributed by atoms with Gasteiger partial charge in [-0.3, -0.25) is 14.5 Å². The molecular formula is C17H18F2N4O4. The van der Waals surface area contributed by atoms with Crippen molar-refractivity contribution in [3.8, 4) is 5.75 Å². The van der Waals surface area contributed by atoms with Gasteiger partial charge in [0.2, 0.25) is 5.43 Å². The zero-order valence-electron chi connectivity index (χ0n) is 14.5. The van der Waals surface area contributed by atoms with Crippen LogP contribution in [-0.2, 0) is 0 Å². The van der Waals surface area contributed by atoms with Crippen molar-refractivity contribution in [2.24, 2.45) is 11.7 Å². The number of pyridine rings is 1. The first kappa shape index (κ1) is 17.5. The van der Waals surface area contributed by atoms with E-state index in [4.69, 9.17) is 10.5 Å². The van der Waals surface area contributed by atoms with Crippen LogP contribution in [0.3, 0.4) is 0 Å². The van der Waals surface area contributed by atoms with E-state index >= 15 is 0 Å². The summed E-state index contributed by atoms with van der Waals surface area (Å²) in [4.78, 5) is 25.4. The van der Waals surface area contributed by atoms with E-state index in [2.05, 4.69) is 0 Å². The minimum absolute atomic E-state index is 0.00763. The molecule has 1 aromatic carbocycles. The molecule has 4 rings (SSSR count). The number of benzene rings is 1. The summed E-state index contributed by atoms with van der Waals surface area (Å²) >= 11 is 0. The van der Waals surface area contributed by atoms with Crippen molar-refractivity contribution in [3.63, 3.8) is 0 Å². The summed E-state index contributed by atoms with van der Waals surface area (Å²) in [6.07, 6.45) is -0.00847. The summed E-state index contributed by atoms with van der Waals surface area (Å²) in [6, 6.07) is 0.991. The van der Waals surface area contributed by atoms with Crippen molar-refractivity contribution in [3.05, 3.63) is 33.9 Å². The average molecular weight is 380 g/mol. The quantitative estimate of drug-likeness (QED) is 0.799. The molecule has 1 fully saturated rings. The highest BCUT2D eigenvalue weighted by molar-refractivity contribution is 5.97. The monoisotopic (exact) mass is 380 g/mol. The Labute approximate surface area is 152 Å². The molecule has 2 atom stereocenters. The number of aromatic nitrogens is 1. The van der Waals surface area contributed by atoms with Crippen LogP contribution in [0.5, 0.6) is 5.75 Å². The van der Waals surface area contributed by atoms with Crippen molar-refractivity contribution < 1.29 is 23.4 Å². The molecule has 0 spiro atoms. The van der Waals surface area contributed by atoms with Gasteiger partial charge in [-0.25, -0.2) is 13.6 Å². The van der Waals surface area contributed by atoms with Crippen molar-refractivity contribution in [2.45, 2.75) is 6.17 Å². The molecule has 8 nitrogen and oxygen atoms in total. The Morgan fingerprint density at radius 1 is 1.44 bits per heavy atom. The minimum atomic E-state index is -1.40. The summed E-state index contributed by atoms with van der Waals surface area (Å²) < 4.78 is 36.2. The van der Waals surface area contributed by atoms with Gasteiger partial charge in [0.1, 0.15) is 22.9 Å². The highest BCUT2D eigenvalue weighted by Crippen LogP contribution is 2.41. The van der Waals surface area contributed by atoms with Gasteiger partial charge in [-0.15, -0.1) is 0 Å². The van der Waals surface area contributed by atoms with Gasteiger partial charge in [0.05, 0.1) is 5.39 Å². The predicted molar refractivity (Wildman–Crippen MR) is 94.4 cm³/mol. The Morgan fingerprint density at radius 3 is 2.81 bits per heavy atom. The Morgan fingerprint density at radius 2 is 2.19 bits per heavy atom. The molecule has 27 heavy (non-hydrogen) atoms. The van der Waals surface area contributed by atoms with Crippen LogP contribution in [0.15, 0.2) is 17.1 Å². The number of nitrogens with zero attached hydrogens (tertiary/aromatic N) is 3. The lowest BCUT2D eigenvalue weighted by Gasteiger charge is -2.33. The summed E-state index contributed by atoms with van der Waals surface area (Å²) in [5.41, 5.74) is 4.62. The first-order valence-electron chi connectivity index (χ1n) is 8.42. The lowest BCUT2D eigenvalue weighted by molar-refractivity contribution is 0.0694. The number of carboxylic acid groups (broad SMARTS) is 1. The normalized spacial score (nSPS) is 21.6. The Balaban J connectivity index is 2.00. The van der Waals surface area contributed by atoms with Gasteiger partial charge in [0.25, 0.3) is 0 Å². The number of halogens is 2. The van der Waals surface area contributed by atoms with Crippen LogP contribution in [0.1, 0.15) is 10.4 Å². The van der Waals surface area contributed by atoms with Crippen molar-refractivity contribution in [2.75, 3.05) is 43.3 Å². The minimum Gasteiger partial charge on any atom is -0.477 e. The molecule has 2 aliphatic rings. The molecule has 0 saturated carbocycles. The van der Waals surface area contributed by atoms with E-state index in [0.29, 0.717) is 0 Å². The standard InChI is InChI=1S/C17H18F2N4O4/c1-21-7-27-16-13-9(15(24)10(17(25)26)5-23(13)21)2-11(18)14(16)22-4-8(3-20)12(19)6-22/h2,5,8,12H,3-4,6-7,20H2,1H3,(H,25,26). The highest BCUT2D eigenvalue weighted by Gasteiger charge is 2.37. The molecule has 10 heteroatoms. The first-order valence-corrected chi connectivity index (χ1v) is 8.42. The number of anilines is 1. The number of hydrogen-bond donors (Lipinski definition) is 2. The number of hydrogen-bond acceptors (Lipinski definition) is 6. The summed E-state index contributed by atoms with van der Waals surface area (Å²) in [5, 5.41) is 10.7. The van der Waals surface area contributed by atoms with Gasteiger partial charge in [-0.1, -0.05) is 0 Å². The maximum absolute atomic E-state index is 15.0. The van der Waals surface area contributed by atoms with E-state index in [1.54, 1.807) is 12.1 Å². The lowest BCUT2D eigenvalue weighted by Crippen LogP contribution is -2.40. The zero-order chi connectivity index (χ0) is 19.5. The molecule has 2 aliphatic heterocycles. The van der Waals surface area contributed by atoms with Crippen LogP contribution in [0.25, 0.3) is 10.9 Å². The fraction of sp³-hybridized carbons (Fsp3) is 0.412. The fourth-order valence-corrected chi connectivity index (χ4v) is 3.71. The SMILES string of the molecule is CN1COc2c(N3CC(F)C(CN)C3)c(F)cc3c(=O)c(C(=O)O)cn1c23. The molecule has 0 amide bonds. The second-order valence-electron chi connectivity index (χ2n) is 6.80. The molecule has 3 N–H and O–H groups in total. The summed E-state index contributed by atoms with van der Waals surface area (Å²) in [6.45, 7) is 0.337. The maximum Gasteiger partial charge on any atom is 0.341 e. The van der Waals surface area contributed by atoms with Crippen LogP contribution >= 0.6 is 0 Å². The van der Waals surface area contributed by atoms with Gasteiger partial charge in [-0.05, 0) is 12.6 Å². The zero-order valence-corrected chi connectivity index (χ0v) is 14.5. The number of carboxylic acids is 1. The van der Waals surface area contributed by atoms with E-state index in [1.165, 1.54) is 15.8 Å². The van der Waals surface area contributed by atoms with Gasteiger partial charge in [0, 0.05) is 32.3 Å². The molecule has 2 unspecified atom stereocenters. The van der Waals surface area contributed by atoms with E-state index in [-0.39, 0.29) is 48.7 Å². The van der Waals surface area contributed by atoms with Crippen LogP contribution in [0, 0.1) is 11.7 Å². The number of ether oxygens (including phenoxy) is 1. The molecule has 2 aromatic rings. The van der Waals surface area contributed by atoms with Crippen LogP contribution in [-0.4, -0.2) is 55.3 Å². The molecular weight excluding hydrogens is 362 g/mol. The molecule has 1 aromatic heterocycles. The predicted octanol–water partition coefficient (Wildman–Crippen LogP) is 0.489. The number of carbonyl (C=O) groups is 1. The number of rotatable bonds is 3. The number of aromatic carboxylic acids is 1. The van der Waals surface area contributed by atoms with E-state index < -0.39 is 34.9 Å². The third-order valence-electron chi connectivity index (χ3n) is 5.13. The van der Waals surface area contributed by atoms with Crippen molar-refractivity contribution in [1.29, 1.82) is 0 Å². The van der Waals surface area contributed by atoms with Gasteiger partial charge in [-0.2, -0.15) is 0 Å². The second kappa shape index (κ2) is 6.08. The third kappa shape index (κ3) is 2.51. The Hall–Kier alpha value is -2.88. The average Bonchev–Trinajstić information content (AvgIpc) is 2.99. The van der Waals surface area contributed by atoms with E-state index in [1.807, 2.05) is 0 Å². The molecule has 3 heterocycles. The van der Waals surface area contributed by atoms with Crippen LogP contribution < -0.4 is 25.8 Å². The summed E-state index contributed by atoms with van der Waals surface area (Å²) in [5.74, 6) is -2.49. The van der Waals surface area contributed by atoms with Crippen LogP contribution in [0.2, 0.25) is 0 Å². The number of nitrogens with two attached hydrogens (primary N) is 1. The van der Waals surface area contributed by atoms with Gasteiger partial charge >= 0.3 is 5.97 Å². The smallest absolute Gasteiger partial charge is 0.341 e. The molecule has 1 saturated heterocycles. The maximum atomic E-state index is 15.0. The molecule has 0 radical (unpaired) electrons. The van der Waals surface area contributed by atoms with Crippen molar-refractivity contribution >= 4 is 22.6 Å². The first-order chi connectivity index (χ1) is 12.8. The summed E-state index contributed by atoms with van der Waals surface area (Å²) in [7, 11) is 1.64. The second-order valence-corrected chi connectivity index (χ2v) is 6.80. The third-order valence-corrected chi connectivity index (χ3v) is 5.13. The largest absolute Gasteiger partial charge is 0.477 e. The Kier molecular flexibility index (Phi) is 3.95. The number of alkyl halides is 1. The topological polar surface area (TPSA) is 101 Å². The van der Waals surface area contributed by atoms with E-state index in [9.17, 15) is 23.5 Å². The fourth-order valence-electron chi connectivity index (χ4n) is 3.71. The van der Waals surface area contributed by atoms with E-state index in [0.717, 1.165) is 6.07 Å². The van der Waals surface area contributed by atoms with Gasteiger partial charge in [0.15, 0.2) is 18.3 Å². The molecule has 144 valence electrons. The van der Waals surface area contributed by atoms with Crippen molar-refractivity contribution in [1.82, 2.24) is 4.68 Å².